The minimum absolute atomic E-state index is 0.0243. The van der Waals surface area contributed by atoms with Gasteiger partial charge in [-0.2, -0.15) is 10.2 Å². The minimum Gasteiger partial charge on any atom is -0.508 e. The largest absolute Gasteiger partial charge is 0.508 e. The number of methoxy groups -OCH3 is 2. The van der Waals surface area contributed by atoms with Crippen molar-refractivity contribution in [3.05, 3.63) is 58.7 Å². The van der Waals surface area contributed by atoms with E-state index in [-0.39, 0.29) is 28.7 Å². The number of hydrogen-bond donors (Lipinski definition) is 3. The van der Waals surface area contributed by atoms with Crippen molar-refractivity contribution in [2.75, 3.05) is 25.7 Å². The fourth-order valence-corrected chi connectivity index (χ4v) is 3.59. The molecule has 0 bridgehead atoms. The third-order valence-electron chi connectivity index (χ3n) is 4.93. The van der Waals surface area contributed by atoms with E-state index in [1.54, 1.807) is 38.5 Å². The number of aromatic hydroxyl groups is 1. The molecule has 3 aromatic rings. The number of hydrogen-bond acceptors (Lipinski definition) is 8. The van der Waals surface area contributed by atoms with Crippen LogP contribution < -0.4 is 25.7 Å². The summed E-state index contributed by atoms with van der Waals surface area (Å²) in [7, 11) is 3.13. The maximum Gasteiger partial charge on any atom is 0.227 e. The Kier molecular flexibility index (Phi) is 4.28. The molecule has 1 aromatic heterocycles. The molecule has 2 heterocycles. The van der Waals surface area contributed by atoms with E-state index in [1.165, 1.54) is 6.07 Å². The number of anilines is 2. The lowest BCUT2D eigenvalue weighted by Gasteiger charge is -2.30. The van der Waals surface area contributed by atoms with Crippen LogP contribution in [0.2, 0.25) is 0 Å². The van der Waals surface area contributed by atoms with Gasteiger partial charge in [-0.15, -0.1) is 0 Å². The van der Waals surface area contributed by atoms with Crippen molar-refractivity contribution in [2.45, 2.75) is 5.92 Å². The fraction of sp³-hybridized carbons (Fsp3) is 0.143. The molecule has 0 spiro atoms. The molecule has 0 saturated carbocycles. The molecular formula is C21H18N4O4. The van der Waals surface area contributed by atoms with Crippen molar-refractivity contribution in [2.24, 2.45) is 0 Å². The number of nitriles is 1. The summed E-state index contributed by atoms with van der Waals surface area (Å²) in [5.74, 6) is 1.32. The van der Waals surface area contributed by atoms with Gasteiger partial charge < -0.3 is 30.8 Å². The molecule has 146 valence electrons. The van der Waals surface area contributed by atoms with E-state index in [0.29, 0.717) is 22.8 Å². The zero-order chi connectivity index (χ0) is 20.7. The van der Waals surface area contributed by atoms with E-state index in [2.05, 4.69) is 4.98 Å². The average Bonchev–Trinajstić information content (AvgIpc) is 2.71. The summed E-state index contributed by atoms with van der Waals surface area (Å²) in [4.78, 5) is 4.25. The molecular weight excluding hydrogens is 372 g/mol. The molecule has 0 radical (unpaired) electrons. The zero-order valence-electron chi connectivity index (χ0n) is 15.8. The van der Waals surface area contributed by atoms with Gasteiger partial charge in [0.15, 0.2) is 0 Å². The van der Waals surface area contributed by atoms with Gasteiger partial charge in [0.25, 0.3) is 0 Å². The van der Waals surface area contributed by atoms with Crippen molar-refractivity contribution in [1.82, 2.24) is 4.98 Å². The first kappa shape index (κ1) is 18.3. The number of rotatable bonds is 3. The Bertz CT molecular complexity index is 1170. The summed E-state index contributed by atoms with van der Waals surface area (Å²) in [5.41, 5.74) is 14.5. The molecule has 29 heavy (non-hydrogen) atoms. The van der Waals surface area contributed by atoms with E-state index < -0.39 is 5.92 Å². The molecule has 0 saturated heterocycles. The highest BCUT2D eigenvalue weighted by atomic mass is 16.5. The van der Waals surface area contributed by atoms with Gasteiger partial charge in [0.2, 0.25) is 5.88 Å². The molecule has 5 N–H and O–H groups in total. The van der Waals surface area contributed by atoms with Crippen LogP contribution in [0, 0.1) is 11.3 Å². The summed E-state index contributed by atoms with van der Waals surface area (Å²) in [6, 6.07) is 12.2. The van der Waals surface area contributed by atoms with Crippen LogP contribution in [0.5, 0.6) is 28.9 Å². The standard InChI is InChI=1S/C21H18N4O4/c1-27-11-4-6-15(28-2)13(8-11)17-12-5-3-10(26)7-16(12)29-21-18(17)19(23)14(9-22)20(24)25-21/h3-8,17,26H,1-2H3,(H4,23,24,25)/t17-/m0/s1. The molecule has 8 heteroatoms. The molecule has 0 unspecified atom stereocenters. The number of nitrogens with two attached hydrogens (primary N) is 2. The number of nitrogens with zero attached hydrogens (tertiary/aromatic N) is 2. The molecule has 0 aliphatic carbocycles. The SMILES string of the molecule is COc1ccc(OC)c([C@@H]2c3ccc(O)cc3Oc3nc(N)c(C#N)c(N)c32)c1. The monoisotopic (exact) mass is 390 g/mol. The highest BCUT2D eigenvalue weighted by Crippen LogP contribution is 2.52. The smallest absolute Gasteiger partial charge is 0.227 e. The predicted molar refractivity (Wildman–Crippen MR) is 106 cm³/mol. The molecule has 8 nitrogen and oxygen atoms in total. The van der Waals surface area contributed by atoms with Crippen molar-refractivity contribution < 1.29 is 19.3 Å². The lowest BCUT2D eigenvalue weighted by Crippen LogP contribution is -2.18. The van der Waals surface area contributed by atoms with E-state index in [9.17, 15) is 10.4 Å². The highest BCUT2D eigenvalue weighted by Gasteiger charge is 2.35. The van der Waals surface area contributed by atoms with Crippen molar-refractivity contribution >= 4 is 11.5 Å². The highest BCUT2D eigenvalue weighted by molar-refractivity contribution is 5.76. The van der Waals surface area contributed by atoms with Crippen molar-refractivity contribution in [1.29, 1.82) is 5.26 Å². The Labute approximate surface area is 166 Å². The first-order valence-corrected chi connectivity index (χ1v) is 8.70. The molecule has 1 aliphatic heterocycles. The summed E-state index contributed by atoms with van der Waals surface area (Å²) in [6.45, 7) is 0. The molecule has 4 rings (SSSR count). The summed E-state index contributed by atoms with van der Waals surface area (Å²) in [6.07, 6.45) is 0. The van der Waals surface area contributed by atoms with Crippen LogP contribution in [-0.2, 0) is 0 Å². The van der Waals surface area contributed by atoms with Gasteiger partial charge in [-0.05, 0) is 24.3 Å². The lowest BCUT2D eigenvalue weighted by atomic mass is 9.81. The first-order valence-electron chi connectivity index (χ1n) is 8.70. The fourth-order valence-electron chi connectivity index (χ4n) is 3.59. The Morgan fingerprint density at radius 3 is 2.59 bits per heavy atom. The minimum atomic E-state index is -0.486. The van der Waals surface area contributed by atoms with E-state index in [1.807, 2.05) is 12.1 Å². The second kappa shape index (κ2) is 6.80. The number of pyridine rings is 1. The van der Waals surface area contributed by atoms with Crippen molar-refractivity contribution in [3.8, 4) is 34.9 Å². The Balaban J connectivity index is 2.08. The molecule has 0 amide bonds. The molecule has 1 aliphatic rings. The number of benzene rings is 2. The summed E-state index contributed by atoms with van der Waals surface area (Å²) < 4.78 is 16.9. The van der Waals surface area contributed by atoms with Crippen LogP contribution >= 0.6 is 0 Å². The first-order chi connectivity index (χ1) is 14.0. The van der Waals surface area contributed by atoms with Gasteiger partial charge in [-0.25, -0.2) is 0 Å². The zero-order valence-corrected chi connectivity index (χ0v) is 15.8. The van der Waals surface area contributed by atoms with Crippen LogP contribution in [0.15, 0.2) is 36.4 Å². The van der Waals surface area contributed by atoms with Crippen LogP contribution in [0.4, 0.5) is 11.5 Å². The molecule has 2 aromatic carbocycles. The lowest BCUT2D eigenvalue weighted by molar-refractivity contribution is 0.393. The summed E-state index contributed by atoms with van der Waals surface area (Å²) in [5, 5.41) is 19.4. The van der Waals surface area contributed by atoms with Crippen molar-refractivity contribution in [3.63, 3.8) is 0 Å². The number of phenolic OH excluding ortho intramolecular Hbond substituents is 1. The maximum absolute atomic E-state index is 9.93. The van der Waals surface area contributed by atoms with E-state index in [0.717, 1.165) is 11.1 Å². The molecule has 0 fully saturated rings. The van der Waals surface area contributed by atoms with Crippen LogP contribution in [0.3, 0.4) is 0 Å². The predicted octanol–water partition coefficient (Wildman–Crippen LogP) is 3.13. The van der Waals surface area contributed by atoms with E-state index in [4.69, 9.17) is 25.7 Å². The van der Waals surface area contributed by atoms with Gasteiger partial charge >= 0.3 is 0 Å². The van der Waals surface area contributed by atoms with Gasteiger partial charge in [-0.1, -0.05) is 6.07 Å². The van der Waals surface area contributed by atoms with Crippen LogP contribution in [0.25, 0.3) is 0 Å². The third-order valence-corrected chi connectivity index (χ3v) is 4.93. The van der Waals surface area contributed by atoms with Gasteiger partial charge in [0.05, 0.1) is 25.5 Å². The number of fused-ring (bicyclic) bond motifs is 2. The second-order valence-electron chi connectivity index (χ2n) is 6.48. The third kappa shape index (κ3) is 2.80. The Morgan fingerprint density at radius 2 is 1.90 bits per heavy atom. The maximum atomic E-state index is 9.93. The van der Waals surface area contributed by atoms with Crippen LogP contribution in [0.1, 0.15) is 28.2 Å². The van der Waals surface area contributed by atoms with Gasteiger partial charge in [0, 0.05) is 23.1 Å². The average molecular weight is 390 g/mol. The Morgan fingerprint density at radius 1 is 1.10 bits per heavy atom. The van der Waals surface area contributed by atoms with Crippen LogP contribution in [-0.4, -0.2) is 24.3 Å². The van der Waals surface area contributed by atoms with Gasteiger partial charge in [-0.3, -0.25) is 0 Å². The van der Waals surface area contributed by atoms with E-state index >= 15 is 0 Å². The molecule has 1 atom stereocenters. The normalized spacial score (nSPS) is 14.2. The Hall–Kier alpha value is -4.12. The number of nitrogen functional groups attached to an aromatic ring is 2. The quantitative estimate of drug-likeness (QED) is 0.485. The van der Waals surface area contributed by atoms with Gasteiger partial charge in [0.1, 0.15) is 40.4 Å². The second-order valence-corrected chi connectivity index (χ2v) is 6.48. The summed E-state index contributed by atoms with van der Waals surface area (Å²) >= 11 is 0. The number of ether oxygens (including phenoxy) is 3. The number of aromatic nitrogens is 1. The number of phenols is 1. The topological polar surface area (TPSA) is 137 Å².